The van der Waals surface area contributed by atoms with Crippen molar-refractivity contribution in [2.45, 2.75) is 10.1 Å². The molecule has 1 unspecified atom stereocenters. The van der Waals surface area contributed by atoms with Gasteiger partial charge in [0.25, 0.3) is 11.8 Å². The van der Waals surface area contributed by atoms with Gasteiger partial charge >= 0.3 is 0 Å². The molecular formula is C34H25Cl2N3O3S2. The molecule has 3 amide bonds. The number of halogens is 2. The average Bonchev–Trinajstić information content (AvgIpc) is 3.55. The monoisotopic (exact) mass is 657 g/mol. The molecule has 0 aliphatic heterocycles. The Bertz CT molecular complexity index is 1800. The molecule has 1 atom stereocenters. The summed E-state index contributed by atoms with van der Waals surface area (Å²) in [5.74, 6) is -1.17. The van der Waals surface area contributed by atoms with E-state index in [1.54, 1.807) is 66.7 Å². The fraction of sp³-hybridized carbons (Fsp3) is 0.0294. The highest BCUT2D eigenvalue weighted by molar-refractivity contribution is 8.00. The molecule has 3 N–H and O–H groups in total. The van der Waals surface area contributed by atoms with Crippen molar-refractivity contribution in [1.82, 2.24) is 5.32 Å². The Labute approximate surface area is 273 Å². The summed E-state index contributed by atoms with van der Waals surface area (Å²) in [4.78, 5) is 41.4. The minimum atomic E-state index is -0.642. The first kappa shape index (κ1) is 31.1. The van der Waals surface area contributed by atoms with Crippen LogP contribution in [-0.2, 0) is 9.59 Å². The minimum absolute atomic E-state index is 0.0966. The maximum atomic E-state index is 13.6. The van der Waals surface area contributed by atoms with Gasteiger partial charge < -0.3 is 16.0 Å². The first-order valence-electron chi connectivity index (χ1n) is 13.4. The van der Waals surface area contributed by atoms with Gasteiger partial charge in [0.15, 0.2) is 0 Å². The van der Waals surface area contributed by atoms with Crippen LogP contribution in [0.3, 0.4) is 0 Å². The first-order valence-corrected chi connectivity index (χ1v) is 15.9. The molecule has 44 heavy (non-hydrogen) atoms. The van der Waals surface area contributed by atoms with Crippen LogP contribution in [0.2, 0.25) is 10.0 Å². The number of hydrogen-bond donors (Lipinski definition) is 3. The molecule has 0 aliphatic rings. The highest BCUT2D eigenvalue weighted by atomic mass is 35.5. The molecule has 4 aromatic carbocycles. The van der Waals surface area contributed by atoms with E-state index in [4.69, 9.17) is 23.2 Å². The van der Waals surface area contributed by atoms with Gasteiger partial charge in [0.1, 0.15) is 10.9 Å². The van der Waals surface area contributed by atoms with Gasteiger partial charge in [-0.15, -0.1) is 23.1 Å². The Morgan fingerprint density at radius 1 is 0.773 bits per heavy atom. The van der Waals surface area contributed by atoms with E-state index >= 15 is 0 Å². The van der Waals surface area contributed by atoms with Crippen LogP contribution in [0, 0.1) is 0 Å². The van der Waals surface area contributed by atoms with Gasteiger partial charge in [-0.25, -0.2) is 0 Å². The summed E-state index contributed by atoms with van der Waals surface area (Å²) in [7, 11) is 0. The van der Waals surface area contributed by atoms with Crippen molar-refractivity contribution in [2.24, 2.45) is 0 Å². The van der Waals surface area contributed by atoms with Crippen LogP contribution < -0.4 is 16.0 Å². The smallest absolute Gasteiger partial charge is 0.272 e. The lowest BCUT2D eigenvalue weighted by Gasteiger charge is -2.18. The summed E-state index contributed by atoms with van der Waals surface area (Å²) in [5.41, 5.74) is 2.22. The van der Waals surface area contributed by atoms with Crippen LogP contribution in [0.25, 0.3) is 6.08 Å². The number of amides is 3. The molecule has 0 radical (unpaired) electrons. The van der Waals surface area contributed by atoms with Crippen molar-refractivity contribution in [3.05, 3.63) is 152 Å². The zero-order valence-corrected chi connectivity index (χ0v) is 26.1. The summed E-state index contributed by atoms with van der Waals surface area (Å²) in [6.45, 7) is 0. The third-order valence-electron chi connectivity index (χ3n) is 6.23. The topological polar surface area (TPSA) is 87.3 Å². The number of hydrogen-bond acceptors (Lipinski definition) is 5. The Morgan fingerprint density at radius 2 is 1.52 bits per heavy atom. The highest BCUT2D eigenvalue weighted by Gasteiger charge is 2.23. The van der Waals surface area contributed by atoms with E-state index in [1.165, 1.54) is 23.1 Å². The number of thiophene rings is 1. The van der Waals surface area contributed by atoms with Gasteiger partial charge in [-0.3, -0.25) is 14.4 Å². The molecule has 0 spiro atoms. The predicted octanol–water partition coefficient (Wildman–Crippen LogP) is 8.94. The zero-order valence-electron chi connectivity index (χ0n) is 23.0. The van der Waals surface area contributed by atoms with Crippen molar-refractivity contribution in [2.75, 3.05) is 10.6 Å². The van der Waals surface area contributed by atoms with Crippen LogP contribution in [-0.4, -0.2) is 17.7 Å². The Balaban J connectivity index is 1.36. The third-order valence-corrected chi connectivity index (χ3v) is 8.86. The number of carbonyl (C=O) groups is 3. The quantitative estimate of drug-likeness (QED) is 0.103. The highest BCUT2D eigenvalue weighted by Crippen LogP contribution is 2.38. The zero-order chi connectivity index (χ0) is 30.9. The second kappa shape index (κ2) is 14.9. The summed E-state index contributed by atoms with van der Waals surface area (Å²) in [5, 5.41) is 10.6. The van der Waals surface area contributed by atoms with Gasteiger partial charge in [-0.05, 0) is 71.6 Å². The minimum Gasteiger partial charge on any atom is -0.323 e. The molecule has 5 rings (SSSR count). The molecule has 0 saturated carbocycles. The molecule has 0 bridgehead atoms. The van der Waals surface area contributed by atoms with Gasteiger partial charge in [0.2, 0.25) is 5.91 Å². The molecule has 0 saturated heterocycles. The fourth-order valence-electron chi connectivity index (χ4n) is 4.13. The Morgan fingerprint density at radius 3 is 2.25 bits per heavy atom. The van der Waals surface area contributed by atoms with Crippen molar-refractivity contribution in [3.8, 4) is 0 Å². The maximum absolute atomic E-state index is 13.6. The number of carbonyl (C=O) groups excluding carboxylic acids is 3. The average molecular weight is 659 g/mol. The van der Waals surface area contributed by atoms with Gasteiger partial charge in [0, 0.05) is 26.0 Å². The fourth-order valence-corrected chi connectivity index (χ4v) is 6.21. The van der Waals surface area contributed by atoms with E-state index in [9.17, 15) is 14.4 Å². The number of thioether (sulfide) groups is 1. The first-order chi connectivity index (χ1) is 21.4. The molecular weight excluding hydrogens is 633 g/mol. The summed E-state index contributed by atoms with van der Waals surface area (Å²) >= 11 is 15.2. The number of anilines is 2. The number of benzene rings is 4. The van der Waals surface area contributed by atoms with E-state index in [2.05, 4.69) is 16.0 Å². The van der Waals surface area contributed by atoms with Crippen LogP contribution in [0.5, 0.6) is 0 Å². The molecule has 220 valence electrons. The molecule has 6 nitrogen and oxygen atoms in total. The summed E-state index contributed by atoms with van der Waals surface area (Å²) in [6, 6.07) is 33.8. The number of nitrogens with one attached hydrogen (secondary N) is 3. The molecule has 5 aromatic rings. The number of rotatable bonds is 10. The second-order valence-electron chi connectivity index (χ2n) is 9.40. The standard InChI is InChI=1S/C34H25Cl2N3O3S2/c35-24-16-17-28(36)29(19-24)38-34(42)31(22-9-3-1-4-10-22)44-27-14-7-13-25(20-27)37-33(41)30(21-26-15-8-18-43-26)39-32(40)23-11-5-2-6-12-23/h1-21,31H,(H,37,41)(H,38,42)(H,39,40)/b30-21-. The van der Waals surface area contributed by atoms with Gasteiger partial charge in [0.05, 0.1) is 10.7 Å². The normalized spacial score (nSPS) is 11.8. The van der Waals surface area contributed by atoms with Crippen molar-refractivity contribution >= 4 is 81.5 Å². The van der Waals surface area contributed by atoms with E-state index in [0.717, 1.165) is 15.3 Å². The summed E-state index contributed by atoms with van der Waals surface area (Å²) in [6.07, 6.45) is 1.64. The Hall–Kier alpha value is -4.34. The summed E-state index contributed by atoms with van der Waals surface area (Å²) < 4.78 is 0. The van der Waals surface area contributed by atoms with Crippen LogP contribution in [0.15, 0.2) is 131 Å². The molecule has 1 heterocycles. The van der Waals surface area contributed by atoms with Crippen molar-refractivity contribution < 1.29 is 14.4 Å². The molecule has 1 aromatic heterocycles. The SMILES string of the molecule is O=C(Nc1cccc(SC(C(=O)Nc2cc(Cl)ccc2Cl)c2ccccc2)c1)/C(=C/c1cccs1)NC(=O)c1ccccc1. The lowest BCUT2D eigenvalue weighted by Crippen LogP contribution is -2.30. The van der Waals surface area contributed by atoms with E-state index < -0.39 is 17.1 Å². The van der Waals surface area contributed by atoms with Gasteiger partial charge in [-0.2, -0.15) is 0 Å². The molecule has 0 aliphatic carbocycles. The second-order valence-corrected chi connectivity index (χ2v) is 12.4. The lowest BCUT2D eigenvalue weighted by molar-refractivity contribution is -0.116. The van der Waals surface area contributed by atoms with Crippen LogP contribution >= 0.6 is 46.3 Å². The van der Waals surface area contributed by atoms with E-state index in [-0.39, 0.29) is 11.6 Å². The largest absolute Gasteiger partial charge is 0.323 e. The van der Waals surface area contributed by atoms with E-state index in [1.807, 2.05) is 60.0 Å². The predicted molar refractivity (Wildman–Crippen MR) is 181 cm³/mol. The van der Waals surface area contributed by atoms with Crippen LogP contribution in [0.4, 0.5) is 11.4 Å². The van der Waals surface area contributed by atoms with Crippen molar-refractivity contribution in [1.29, 1.82) is 0 Å². The Kier molecular flexibility index (Phi) is 10.5. The maximum Gasteiger partial charge on any atom is 0.272 e. The molecule has 10 heteroatoms. The third kappa shape index (κ3) is 8.39. The van der Waals surface area contributed by atoms with Crippen LogP contribution in [0.1, 0.15) is 26.0 Å². The van der Waals surface area contributed by atoms with Crippen molar-refractivity contribution in [3.63, 3.8) is 0 Å². The van der Waals surface area contributed by atoms with E-state index in [0.29, 0.717) is 27.0 Å². The lowest BCUT2D eigenvalue weighted by atomic mass is 10.1. The molecule has 0 fully saturated rings. The van der Waals surface area contributed by atoms with Gasteiger partial charge in [-0.1, -0.05) is 83.9 Å².